The third-order valence-electron chi connectivity index (χ3n) is 12.2. The molecular formula is C76H114NO8+. The van der Waals surface area contributed by atoms with Gasteiger partial charge in [-0.15, -0.1) is 0 Å². The van der Waals surface area contributed by atoms with Crippen LogP contribution in [0.3, 0.4) is 0 Å². The first-order chi connectivity index (χ1) is 41.6. The molecule has 0 aromatic rings. The van der Waals surface area contributed by atoms with E-state index in [-0.39, 0.29) is 32.7 Å². The maximum atomic E-state index is 12.9. The van der Waals surface area contributed by atoms with Gasteiger partial charge in [0.05, 0.1) is 34.4 Å². The lowest BCUT2D eigenvalue weighted by molar-refractivity contribution is -0.870. The lowest BCUT2D eigenvalue weighted by Crippen LogP contribution is -2.40. The summed E-state index contributed by atoms with van der Waals surface area (Å²) < 4.78 is 22.8. The molecule has 0 spiro atoms. The van der Waals surface area contributed by atoms with Crippen LogP contribution in [0.2, 0.25) is 0 Å². The second-order valence-electron chi connectivity index (χ2n) is 21.2. The maximum absolute atomic E-state index is 12.9. The summed E-state index contributed by atoms with van der Waals surface area (Å²) in [6, 6.07) is 0. The highest BCUT2D eigenvalue weighted by Crippen LogP contribution is 2.11. The number of carbonyl (C=O) groups is 3. The number of unbranched alkanes of at least 4 members (excludes halogenated alkanes) is 4. The minimum absolute atomic E-state index is 0.158. The van der Waals surface area contributed by atoms with Crippen LogP contribution in [0.25, 0.3) is 0 Å². The number of carbonyl (C=O) groups excluding carboxylic acids is 2. The summed E-state index contributed by atoms with van der Waals surface area (Å²) in [5.74, 6) is -2.17. The highest BCUT2D eigenvalue weighted by molar-refractivity contribution is 5.71. The summed E-state index contributed by atoms with van der Waals surface area (Å²) >= 11 is 0. The smallest absolute Gasteiger partial charge is 0.361 e. The number of aliphatic carboxylic acids is 1. The maximum Gasteiger partial charge on any atom is 0.361 e. The van der Waals surface area contributed by atoms with Gasteiger partial charge in [0.1, 0.15) is 13.2 Å². The lowest BCUT2D eigenvalue weighted by atomic mass is 10.1. The molecule has 470 valence electrons. The molecule has 1 N–H and O–H groups in total. The zero-order chi connectivity index (χ0) is 61.9. The van der Waals surface area contributed by atoms with E-state index in [1.165, 1.54) is 0 Å². The average molecular weight is 1170 g/mol. The number of hydrogen-bond acceptors (Lipinski definition) is 7. The largest absolute Gasteiger partial charge is 0.477 e. The van der Waals surface area contributed by atoms with E-state index in [2.05, 4.69) is 233 Å². The fraction of sp³-hybridized carbons (Fsp3) is 0.487. The van der Waals surface area contributed by atoms with Gasteiger partial charge in [0.15, 0.2) is 6.10 Å². The van der Waals surface area contributed by atoms with Crippen molar-refractivity contribution in [2.45, 2.75) is 193 Å². The number of nitrogens with zero attached hydrogens (tertiary/aromatic N) is 1. The van der Waals surface area contributed by atoms with Crippen LogP contribution in [-0.2, 0) is 33.3 Å². The van der Waals surface area contributed by atoms with Crippen molar-refractivity contribution in [2.24, 2.45) is 0 Å². The molecule has 0 amide bonds. The van der Waals surface area contributed by atoms with Gasteiger partial charge in [-0.1, -0.05) is 239 Å². The van der Waals surface area contributed by atoms with Crippen molar-refractivity contribution in [1.29, 1.82) is 0 Å². The van der Waals surface area contributed by atoms with Crippen molar-refractivity contribution < 1.29 is 42.9 Å². The summed E-state index contributed by atoms with van der Waals surface area (Å²) in [5, 5.41) is 9.72. The summed E-state index contributed by atoms with van der Waals surface area (Å²) in [6.45, 7) is 4.49. The van der Waals surface area contributed by atoms with Gasteiger partial charge in [-0.3, -0.25) is 9.59 Å². The lowest BCUT2D eigenvalue weighted by Gasteiger charge is -2.25. The number of likely N-dealkylation sites (N-methyl/N-ethyl adjacent to an activating group) is 1. The van der Waals surface area contributed by atoms with E-state index in [0.717, 1.165) is 141 Å². The molecule has 0 radical (unpaired) electrons. The number of quaternary nitrogens is 1. The van der Waals surface area contributed by atoms with Gasteiger partial charge in [0, 0.05) is 12.8 Å². The molecule has 85 heavy (non-hydrogen) atoms. The van der Waals surface area contributed by atoms with Gasteiger partial charge in [-0.25, -0.2) is 4.79 Å². The van der Waals surface area contributed by atoms with Crippen LogP contribution in [0, 0.1) is 0 Å². The fourth-order valence-electron chi connectivity index (χ4n) is 7.42. The summed E-state index contributed by atoms with van der Waals surface area (Å²) in [4.78, 5) is 37.5. The van der Waals surface area contributed by atoms with Crippen LogP contribution in [0.5, 0.6) is 0 Å². The molecule has 0 aliphatic carbocycles. The first kappa shape index (κ1) is 78.6. The Balaban J connectivity index is 4.41. The van der Waals surface area contributed by atoms with E-state index in [9.17, 15) is 19.5 Å². The van der Waals surface area contributed by atoms with Gasteiger partial charge in [0.25, 0.3) is 6.29 Å². The molecule has 0 saturated heterocycles. The molecule has 2 atom stereocenters. The van der Waals surface area contributed by atoms with E-state index in [4.69, 9.17) is 18.9 Å². The minimum atomic E-state index is -1.55. The second-order valence-corrected chi connectivity index (χ2v) is 21.2. The molecule has 0 bridgehead atoms. The van der Waals surface area contributed by atoms with E-state index >= 15 is 0 Å². The molecule has 9 nitrogen and oxygen atoms in total. The Labute approximate surface area is 517 Å². The van der Waals surface area contributed by atoms with Crippen molar-refractivity contribution in [2.75, 3.05) is 47.5 Å². The molecule has 0 aliphatic rings. The molecule has 0 saturated carbocycles. The van der Waals surface area contributed by atoms with Crippen molar-refractivity contribution in [1.82, 2.24) is 0 Å². The van der Waals surface area contributed by atoms with Gasteiger partial charge in [0.2, 0.25) is 0 Å². The zero-order valence-corrected chi connectivity index (χ0v) is 53.4. The molecule has 0 rings (SSSR count). The standard InChI is InChI=1S/C76H113NO8/c1-6-8-10-12-14-16-18-20-22-24-26-28-30-31-32-33-34-35-36-37-38-39-40-41-42-43-45-47-49-51-53-55-57-59-61-63-65-67-74(79)85-72(71-84-76(75(80)81)82-69-68-77(3,4)5)70-83-73(78)66-64-62-60-58-56-54-52-50-48-46-44-29-27-25-23-21-19-17-15-13-11-9-7-2/h8-11,14-17,20-23,26-29,31-32,34-35,37-38,40-41,43,45-46,48-49,51-52,54-55,57-58,60,72,76H,6-7,12-13,18-19,24-25,30,33,36,39,42,44,47,50,53,56,59,61-71H2,1-5H3/p+1/b10-8-,11-9-,16-14-,17-15-,22-20-,23-21-,28-26-,29-27-,32-31-,35-34-,38-37-,41-40-,45-43-,48-46-,51-49-,54-52-,57-55-,60-58-. The van der Waals surface area contributed by atoms with E-state index in [0.29, 0.717) is 23.9 Å². The second kappa shape index (κ2) is 63.6. The Kier molecular flexibility index (Phi) is 58.8. The highest BCUT2D eigenvalue weighted by Gasteiger charge is 2.25. The summed E-state index contributed by atoms with van der Waals surface area (Å²) in [7, 11) is 5.92. The number of ether oxygens (including phenoxy) is 4. The first-order valence-electron chi connectivity index (χ1n) is 31.9. The average Bonchev–Trinajstić information content (AvgIpc) is 3.48. The van der Waals surface area contributed by atoms with Crippen molar-refractivity contribution in [3.05, 3.63) is 219 Å². The Morgan fingerprint density at radius 1 is 0.353 bits per heavy atom. The predicted octanol–water partition coefficient (Wildman–Crippen LogP) is 19.8. The molecule has 0 heterocycles. The van der Waals surface area contributed by atoms with E-state index in [1.54, 1.807) is 0 Å². The highest BCUT2D eigenvalue weighted by atomic mass is 16.7. The topological polar surface area (TPSA) is 108 Å². The van der Waals surface area contributed by atoms with E-state index in [1.807, 2.05) is 21.1 Å². The van der Waals surface area contributed by atoms with Crippen LogP contribution in [0.4, 0.5) is 0 Å². The normalized spacial score (nSPS) is 14.2. The van der Waals surface area contributed by atoms with Crippen molar-refractivity contribution in [3.63, 3.8) is 0 Å². The number of carboxylic acids is 1. The Morgan fingerprint density at radius 3 is 0.953 bits per heavy atom. The van der Waals surface area contributed by atoms with Gasteiger partial charge >= 0.3 is 17.9 Å². The van der Waals surface area contributed by atoms with Crippen LogP contribution < -0.4 is 0 Å². The Hall–Kier alpha value is -6.39. The molecule has 2 unspecified atom stereocenters. The molecule has 0 aromatic carbocycles. The minimum Gasteiger partial charge on any atom is -0.477 e. The number of allylic oxidation sites excluding steroid dienone is 36. The third-order valence-corrected chi connectivity index (χ3v) is 12.2. The number of rotatable bonds is 55. The molecule has 0 fully saturated rings. The fourth-order valence-corrected chi connectivity index (χ4v) is 7.42. The Morgan fingerprint density at radius 2 is 0.647 bits per heavy atom. The molecular weight excluding hydrogens is 1050 g/mol. The van der Waals surface area contributed by atoms with Gasteiger partial charge in [-0.2, -0.15) is 0 Å². The number of hydrogen-bond donors (Lipinski definition) is 1. The van der Waals surface area contributed by atoms with E-state index < -0.39 is 30.3 Å². The quantitative estimate of drug-likeness (QED) is 0.0211. The summed E-state index contributed by atoms with van der Waals surface area (Å²) in [5.41, 5.74) is 0. The SMILES string of the molecule is CC/C=C\C/C=C\C/C=C\C/C=C\C/C=C\C/C=C\C/C=C\C/C=C\C/C=C\C/C=C\C/C=C\CCCCCC(=O)OC(COC(=O)CCC/C=C\C/C=C\C/C=C\C/C=C\C/C=C\C/C=C\C/C=C\CC)COC(OCC[N+](C)(C)C)C(=O)O. The summed E-state index contributed by atoms with van der Waals surface area (Å²) in [6.07, 6.45) is 99.0. The predicted molar refractivity (Wildman–Crippen MR) is 363 cm³/mol. The Bertz CT molecular complexity index is 2190. The first-order valence-corrected chi connectivity index (χ1v) is 31.9. The monoisotopic (exact) mass is 1170 g/mol. The molecule has 0 aromatic heterocycles. The van der Waals surface area contributed by atoms with Crippen LogP contribution >= 0.6 is 0 Å². The van der Waals surface area contributed by atoms with Crippen molar-refractivity contribution in [3.8, 4) is 0 Å². The third kappa shape index (κ3) is 65.0. The van der Waals surface area contributed by atoms with Crippen LogP contribution in [0.15, 0.2) is 219 Å². The zero-order valence-electron chi connectivity index (χ0n) is 53.4. The van der Waals surface area contributed by atoms with Crippen molar-refractivity contribution >= 4 is 17.9 Å². The number of esters is 2. The van der Waals surface area contributed by atoms with Gasteiger partial charge < -0.3 is 28.5 Å². The molecule has 9 heteroatoms. The number of carboxylic acid groups (broad SMARTS) is 1. The van der Waals surface area contributed by atoms with Gasteiger partial charge in [-0.05, 0) is 148 Å². The van der Waals surface area contributed by atoms with Crippen LogP contribution in [0.1, 0.15) is 181 Å². The molecule has 0 aliphatic heterocycles. The van der Waals surface area contributed by atoms with Crippen LogP contribution in [-0.4, -0.2) is 87.4 Å².